The molecular formula is C14H9BrF2N2. The molecule has 0 amide bonds. The SMILES string of the molecule is N#Cc1ccc(NCc2cccc(F)c2Br)c(F)c1. The van der Waals surface area contributed by atoms with Crippen molar-refractivity contribution in [3.05, 3.63) is 63.6 Å². The molecule has 2 aromatic rings. The van der Waals surface area contributed by atoms with Gasteiger partial charge in [0.1, 0.15) is 11.6 Å². The summed E-state index contributed by atoms with van der Waals surface area (Å²) in [6.07, 6.45) is 0. The summed E-state index contributed by atoms with van der Waals surface area (Å²) in [6, 6.07) is 10.7. The first-order chi connectivity index (χ1) is 9.11. The molecule has 0 aromatic heterocycles. The van der Waals surface area contributed by atoms with Crippen molar-refractivity contribution in [2.45, 2.75) is 6.54 Å². The van der Waals surface area contributed by atoms with Gasteiger partial charge in [-0.3, -0.25) is 0 Å². The Morgan fingerprint density at radius 2 is 1.95 bits per heavy atom. The number of nitrogens with one attached hydrogen (secondary N) is 1. The van der Waals surface area contributed by atoms with Gasteiger partial charge in [0.15, 0.2) is 0 Å². The van der Waals surface area contributed by atoms with Crippen LogP contribution in [0.15, 0.2) is 40.9 Å². The molecule has 2 aromatic carbocycles. The van der Waals surface area contributed by atoms with Crippen molar-refractivity contribution < 1.29 is 8.78 Å². The molecule has 0 radical (unpaired) electrons. The second-order valence-electron chi connectivity index (χ2n) is 3.87. The Balaban J connectivity index is 2.15. The minimum absolute atomic E-state index is 0.259. The smallest absolute Gasteiger partial charge is 0.147 e. The molecule has 0 spiro atoms. The summed E-state index contributed by atoms with van der Waals surface area (Å²) in [5.41, 5.74) is 1.22. The zero-order valence-corrected chi connectivity index (χ0v) is 11.3. The molecule has 0 saturated heterocycles. The van der Waals surface area contributed by atoms with Gasteiger partial charge in [-0.1, -0.05) is 12.1 Å². The Labute approximate surface area is 117 Å². The van der Waals surface area contributed by atoms with E-state index in [2.05, 4.69) is 21.2 Å². The molecule has 0 bridgehead atoms. The monoisotopic (exact) mass is 322 g/mol. The summed E-state index contributed by atoms with van der Waals surface area (Å²) in [7, 11) is 0. The molecule has 1 N–H and O–H groups in total. The Bertz CT molecular complexity index is 650. The lowest BCUT2D eigenvalue weighted by Crippen LogP contribution is -2.03. The molecule has 0 heterocycles. The van der Waals surface area contributed by atoms with Gasteiger partial charge in [0.05, 0.1) is 21.8 Å². The zero-order chi connectivity index (χ0) is 13.8. The molecule has 2 rings (SSSR count). The highest BCUT2D eigenvalue weighted by molar-refractivity contribution is 9.10. The number of nitriles is 1. The highest BCUT2D eigenvalue weighted by Gasteiger charge is 2.07. The van der Waals surface area contributed by atoms with Crippen molar-refractivity contribution in [1.82, 2.24) is 0 Å². The summed E-state index contributed by atoms with van der Waals surface area (Å²) in [6.45, 7) is 0.279. The van der Waals surface area contributed by atoms with Crippen molar-refractivity contribution >= 4 is 21.6 Å². The fraction of sp³-hybridized carbons (Fsp3) is 0.0714. The van der Waals surface area contributed by atoms with Crippen molar-refractivity contribution in [3.63, 3.8) is 0 Å². The quantitative estimate of drug-likeness (QED) is 0.918. The highest BCUT2D eigenvalue weighted by Crippen LogP contribution is 2.22. The first kappa shape index (κ1) is 13.5. The largest absolute Gasteiger partial charge is 0.379 e. The standard InChI is InChI=1S/C14H9BrF2N2/c15-14-10(2-1-3-11(14)16)8-19-13-5-4-9(7-18)6-12(13)17/h1-6,19H,8H2. The second kappa shape index (κ2) is 5.81. The molecule has 0 aliphatic carbocycles. The van der Waals surface area contributed by atoms with Crippen LogP contribution in [-0.4, -0.2) is 0 Å². The van der Waals surface area contributed by atoms with E-state index in [1.807, 2.05) is 6.07 Å². The summed E-state index contributed by atoms with van der Waals surface area (Å²) in [5.74, 6) is -0.869. The number of benzene rings is 2. The predicted octanol–water partition coefficient (Wildman–Crippen LogP) is 4.21. The average Bonchev–Trinajstić information content (AvgIpc) is 2.41. The van der Waals surface area contributed by atoms with Gasteiger partial charge in [0.2, 0.25) is 0 Å². The maximum Gasteiger partial charge on any atom is 0.147 e. The van der Waals surface area contributed by atoms with Crippen LogP contribution >= 0.6 is 15.9 Å². The van der Waals surface area contributed by atoms with Gasteiger partial charge in [-0.25, -0.2) is 8.78 Å². The molecule has 19 heavy (non-hydrogen) atoms. The molecule has 0 fully saturated rings. The van der Waals surface area contributed by atoms with Crippen LogP contribution in [0.2, 0.25) is 0 Å². The summed E-state index contributed by atoms with van der Waals surface area (Å²) in [5, 5.41) is 11.5. The van der Waals surface area contributed by atoms with Crippen LogP contribution in [0, 0.1) is 23.0 Å². The Hall–Kier alpha value is -1.93. The van der Waals surface area contributed by atoms with Crippen LogP contribution in [0.25, 0.3) is 0 Å². The summed E-state index contributed by atoms with van der Waals surface area (Å²) in [4.78, 5) is 0. The maximum absolute atomic E-state index is 13.6. The van der Waals surface area contributed by atoms with E-state index in [1.165, 1.54) is 18.2 Å². The fourth-order valence-electron chi connectivity index (χ4n) is 1.60. The van der Waals surface area contributed by atoms with E-state index >= 15 is 0 Å². The molecule has 96 valence electrons. The van der Waals surface area contributed by atoms with Gasteiger partial charge in [-0.2, -0.15) is 5.26 Å². The molecule has 5 heteroatoms. The minimum atomic E-state index is -0.508. The highest BCUT2D eigenvalue weighted by atomic mass is 79.9. The van der Waals surface area contributed by atoms with E-state index in [9.17, 15) is 8.78 Å². The van der Waals surface area contributed by atoms with Gasteiger partial charge in [-0.15, -0.1) is 0 Å². The number of rotatable bonds is 3. The van der Waals surface area contributed by atoms with E-state index in [0.29, 0.717) is 10.0 Å². The minimum Gasteiger partial charge on any atom is -0.379 e. The Kier molecular flexibility index (Phi) is 4.13. The van der Waals surface area contributed by atoms with Crippen LogP contribution in [0.5, 0.6) is 0 Å². The molecule has 0 aliphatic rings. The summed E-state index contributed by atoms with van der Waals surface area (Å²) >= 11 is 3.14. The summed E-state index contributed by atoms with van der Waals surface area (Å²) < 4.78 is 27.3. The van der Waals surface area contributed by atoms with Gasteiger partial charge >= 0.3 is 0 Å². The third kappa shape index (κ3) is 3.09. The lowest BCUT2D eigenvalue weighted by atomic mass is 10.2. The first-order valence-corrected chi connectivity index (χ1v) is 6.27. The van der Waals surface area contributed by atoms with Crippen molar-refractivity contribution in [3.8, 4) is 6.07 Å². The Morgan fingerprint density at radius 3 is 2.63 bits per heavy atom. The molecule has 0 atom stereocenters. The number of halogens is 3. The van der Waals surface area contributed by atoms with Crippen molar-refractivity contribution in [2.24, 2.45) is 0 Å². The van der Waals surface area contributed by atoms with Crippen LogP contribution in [0.4, 0.5) is 14.5 Å². The van der Waals surface area contributed by atoms with E-state index in [4.69, 9.17) is 5.26 Å². The van der Waals surface area contributed by atoms with Crippen LogP contribution in [0.1, 0.15) is 11.1 Å². The van der Waals surface area contributed by atoms with Crippen LogP contribution < -0.4 is 5.32 Å². The third-order valence-electron chi connectivity index (χ3n) is 2.60. The van der Waals surface area contributed by atoms with E-state index in [-0.39, 0.29) is 23.6 Å². The topological polar surface area (TPSA) is 35.8 Å². The van der Waals surface area contributed by atoms with E-state index < -0.39 is 5.82 Å². The lowest BCUT2D eigenvalue weighted by Gasteiger charge is -2.09. The zero-order valence-electron chi connectivity index (χ0n) is 9.75. The van der Waals surface area contributed by atoms with Gasteiger partial charge in [0.25, 0.3) is 0 Å². The molecule has 2 nitrogen and oxygen atoms in total. The van der Waals surface area contributed by atoms with Gasteiger partial charge in [0, 0.05) is 6.54 Å². The molecule has 0 aliphatic heterocycles. The predicted molar refractivity (Wildman–Crippen MR) is 72.5 cm³/mol. The average molecular weight is 323 g/mol. The van der Waals surface area contributed by atoms with Crippen molar-refractivity contribution in [2.75, 3.05) is 5.32 Å². The van der Waals surface area contributed by atoms with Gasteiger partial charge in [-0.05, 0) is 45.8 Å². The van der Waals surface area contributed by atoms with Gasteiger partial charge < -0.3 is 5.32 Å². The maximum atomic E-state index is 13.6. The van der Waals surface area contributed by atoms with E-state index in [0.717, 1.165) is 6.07 Å². The first-order valence-electron chi connectivity index (χ1n) is 5.48. The number of hydrogen-bond donors (Lipinski definition) is 1. The fourth-order valence-corrected chi connectivity index (χ4v) is 2.01. The van der Waals surface area contributed by atoms with Crippen molar-refractivity contribution in [1.29, 1.82) is 5.26 Å². The normalized spacial score (nSPS) is 10.0. The third-order valence-corrected chi connectivity index (χ3v) is 3.49. The molecule has 0 unspecified atom stereocenters. The number of hydrogen-bond acceptors (Lipinski definition) is 2. The van der Waals surface area contributed by atoms with E-state index in [1.54, 1.807) is 12.1 Å². The van der Waals surface area contributed by atoms with Crippen LogP contribution in [0.3, 0.4) is 0 Å². The van der Waals surface area contributed by atoms with Crippen LogP contribution in [-0.2, 0) is 6.54 Å². The Morgan fingerprint density at radius 1 is 1.16 bits per heavy atom. The number of nitrogens with zero attached hydrogens (tertiary/aromatic N) is 1. The molecular weight excluding hydrogens is 314 g/mol. The lowest BCUT2D eigenvalue weighted by molar-refractivity contribution is 0.618. The second-order valence-corrected chi connectivity index (χ2v) is 4.67. The molecule has 0 saturated carbocycles. The number of anilines is 1.